The van der Waals surface area contributed by atoms with Crippen LogP contribution in [0.25, 0.3) is 0 Å². The minimum Gasteiger partial charge on any atom is -0.326 e. The molecule has 0 aliphatic heterocycles. The van der Waals surface area contributed by atoms with Gasteiger partial charge in [0.25, 0.3) is 0 Å². The first-order valence-electron chi connectivity index (χ1n) is 14.2. The van der Waals surface area contributed by atoms with Gasteiger partial charge in [-0.3, -0.25) is 0 Å². The van der Waals surface area contributed by atoms with Gasteiger partial charge in [-0.25, -0.2) is 4.98 Å². The highest BCUT2D eigenvalue weighted by Gasteiger charge is 2.36. The van der Waals surface area contributed by atoms with Gasteiger partial charge < -0.3 is 4.57 Å². The minimum absolute atomic E-state index is 0.0163. The molecule has 2 nitrogen and oxygen atoms in total. The van der Waals surface area contributed by atoms with Crippen LogP contribution in [0.4, 0.5) is 0 Å². The summed E-state index contributed by atoms with van der Waals surface area (Å²) in [6.07, 6.45) is 7.03. The summed E-state index contributed by atoms with van der Waals surface area (Å²) in [5.41, 5.74) is 6.35. The summed E-state index contributed by atoms with van der Waals surface area (Å²) in [5.74, 6) is -0.0163. The van der Waals surface area contributed by atoms with Gasteiger partial charge in [0.05, 0.1) is 28.9 Å². The molecule has 4 heteroatoms. The van der Waals surface area contributed by atoms with Crippen LogP contribution in [0.2, 0.25) is 0 Å². The van der Waals surface area contributed by atoms with E-state index < -0.39 is 9.52 Å². The Kier molecular flexibility index (Phi) is 9.46. The highest BCUT2D eigenvalue weighted by atomic mass is 28.2. The summed E-state index contributed by atoms with van der Waals surface area (Å²) < 4.78 is 2.31. The molecule has 0 fully saturated rings. The number of benzene rings is 5. The predicted molar refractivity (Wildman–Crippen MR) is 176 cm³/mol. The van der Waals surface area contributed by atoms with Crippen molar-refractivity contribution >= 4 is 22.6 Å². The fraction of sp³-hybridized carbons (Fsp3) is 0.108. The van der Waals surface area contributed by atoms with E-state index in [1.54, 1.807) is 0 Å². The van der Waals surface area contributed by atoms with Crippen molar-refractivity contribution in [1.29, 1.82) is 0 Å². The van der Waals surface area contributed by atoms with Gasteiger partial charge in [-0.1, -0.05) is 158 Å². The topological polar surface area (TPSA) is 17.8 Å². The Hall–Kier alpha value is -4.41. The van der Waals surface area contributed by atoms with E-state index in [1.807, 2.05) is 48.9 Å². The van der Waals surface area contributed by atoms with Crippen molar-refractivity contribution in [2.75, 3.05) is 0 Å². The summed E-state index contributed by atoms with van der Waals surface area (Å²) in [4.78, 5) is 4.40. The van der Waals surface area contributed by atoms with Crippen molar-refractivity contribution in [3.63, 3.8) is 0 Å². The molecule has 0 aliphatic carbocycles. The maximum atomic E-state index is 6.12. The van der Waals surface area contributed by atoms with E-state index in [0.29, 0.717) is 0 Å². The molecule has 0 saturated carbocycles. The number of aryl methyl sites for hydroxylation is 1. The molecule has 0 bridgehead atoms. The molecule has 6 rings (SSSR count). The van der Waals surface area contributed by atoms with Gasteiger partial charge in [0.2, 0.25) is 0 Å². The maximum Gasteiger partial charge on any atom is 0.0965 e. The van der Waals surface area contributed by atoms with Gasteiger partial charge in [0.15, 0.2) is 0 Å². The molecule has 0 aliphatic rings. The summed E-state index contributed by atoms with van der Waals surface area (Å²) >= 11 is 0. The second-order valence-electron chi connectivity index (χ2n) is 10.2. The average Bonchev–Trinajstić information content (AvgIpc) is 3.61. The third-order valence-electron chi connectivity index (χ3n) is 7.62. The van der Waals surface area contributed by atoms with Crippen LogP contribution >= 0.6 is 0 Å². The third kappa shape index (κ3) is 6.67. The third-order valence-corrected chi connectivity index (χ3v) is 10.2. The van der Waals surface area contributed by atoms with Crippen molar-refractivity contribution in [2.24, 2.45) is 0 Å². The molecule has 200 valence electrons. The molecule has 41 heavy (non-hydrogen) atoms. The molecule has 1 heterocycles. The normalized spacial score (nSPS) is 11.4. The molecule has 1 aromatic heterocycles. The Bertz CT molecular complexity index is 1510. The van der Waals surface area contributed by atoms with Crippen LogP contribution < -0.4 is 5.19 Å². The van der Waals surface area contributed by atoms with Crippen LogP contribution in [0.5, 0.6) is 0 Å². The maximum absolute atomic E-state index is 6.12. The van der Waals surface area contributed by atoms with Gasteiger partial charge in [-0.2, -0.15) is 0 Å². The molecule has 0 N–H and O–H groups in total. The molecule has 0 unspecified atom stereocenters. The fourth-order valence-electron chi connectivity index (χ4n) is 5.44. The number of rotatable bonds is 8. The van der Waals surface area contributed by atoms with Crippen molar-refractivity contribution in [1.82, 2.24) is 9.55 Å². The lowest BCUT2D eigenvalue weighted by Gasteiger charge is -2.37. The van der Waals surface area contributed by atoms with Gasteiger partial charge in [0.1, 0.15) is 0 Å². The van der Waals surface area contributed by atoms with E-state index in [9.17, 15) is 0 Å². The molecule has 0 atom stereocenters. The van der Waals surface area contributed by atoms with Crippen molar-refractivity contribution in [3.8, 4) is 0 Å². The SMILES string of the molecule is CCc1cccc([SiH2]C(c2ccccc2)(c2ccccc2)n2ccnc2)c1.[B]C(c1ccccc1)c1ccccc1. The van der Waals surface area contributed by atoms with Gasteiger partial charge in [0, 0.05) is 12.4 Å². The minimum atomic E-state index is -0.778. The standard InChI is InChI=1S/C24H24N2Si.C13H11B/c1-2-20-10-9-15-23(18-20)27-24(26-17-16-25-19-26,21-11-5-3-6-12-21)22-13-7-4-8-14-22;14-13(11-7-3-1-4-8-11)12-9-5-2-6-10-12/h3-19H,2,27H2,1H3;1-10,13H. The highest BCUT2D eigenvalue weighted by Crippen LogP contribution is 2.33. The molecular weight excluding hydrogens is 511 g/mol. The first-order valence-corrected chi connectivity index (χ1v) is 15.6. The Labute approximate surface area is 248 Å². The number of aromatic nitrogens is 2. The quantitative estimate of drug-likeness (QED) is 0.196. The molecular formula is C37H35BN2Si. The Balaban J connectivity index is 0.000000202. The van der Waals surface area contributed by atoms with Crippen molar-refractivity contribution in [3.05, 3.63) is 192 Å². The number of hydrogen-bond donors (Lipinski definition) is 0. The van der Waals surface area contributed by atoms with Gasteiger partial charge >= 0.3 is 0 Å². The number of imidazole rings is 1. The monoisotopic (exact) mass is 546 g/mol. The van der Waals surface area contributed by atoms with Crippen LogP contribution in [-0.2, 0) is 11.6 Å². The fourth-order valence-corrected chi connectivity index (χ4v) is 7.90. The van der Waals surface area contributed by atoms with Crippen molar-refractivity contribution < 1.29 is 0 Å². The molecule has 0 amide bonds. The van der Waals surface area contributed by atoms with Crippen LogP contribution in [0.15, 0.2) is 164 Å². The molecule has 0 spiro atoms. The molecule has 5 aromatic carbocycles. The zero-order valence-corrected chi connectivity index (χ0v) is 25.0. The second kappa shape index (κ2) is 13.8. The van der Waals surface area contributed by atoms with E-state index in [4.69, 9.17) is 7.85 Å². The van der Waals surface area contributed by atoms with E-state index in [2.05, 4.69) is 132 Å². The van der Waals surface area contributed by atoms with E-state index >= 15 is 0 Å². The zero-order chi connectivity index (χ0) is 28.3. The van der Waals surface area contributed by atoms with Crippen molar-refractivity contribution in [2.45, 2.75) is 24.3 Å². The van der Waals surface area contributed by atoms with Crippen LogP contribution in [-0.4, -0.2) is 26.9 Å². The Morgan fingerprint density at radius 2 is 1.20 bits per heavy atom. The first kappa shape index (κ1) is 28.1. The lowest BCUT2D eigenvalue weighted by atomic mass is 9.76. The van der Waals surface area contributed by atoms with Crippen LogP contribution in [0, 0.1) is 0 Å². The summed E-state index contributed by atoms with van der Waals surface area (Å²) in [6, 6.07) is 51.1. The smallest absolute Gasteiger partial charge is 0.0965 e. The number of nitrogens with zero attached hydrogens (tertiary/aromatic N) is 2. The highest BCUT2D eigenvalue weighted by molar-refractivity contribution is 6.57. The lowest BCUT2D eigenvalue weighted by molar-refractivity contribution is 0.596. The van der Waals surface area contributed by atoms with Crippen LogP contribution in [0.1, 0.15) is 40.6 Å². The number of hydrogen-bond acceptors (Lipinski definition) is 1. The van der Waals surface area contributed by atoms with Gasteiger partial charge in [-0.05, 0) is 40.1 Å². The molecule has 2 radical (unpaired) electrons. The Morgan fingerprint density at radius 1 is 0.683 bits per heavy atom. The molecule has 0 saturated heterocycles. The largest absolute Gasteiger partial charge is 0.326 e. The first-order chi connectivity index (χ1) is 20.2. The average molecular weight is 547 g/mol. The zero-order valence-electron chi connectivity index (χ0n) is 23.6. The van der Waals surface area contributed by atoms with E-state index in [-0.39, 0.29) is 11.0 Å². The molecule has 6 aromatic rings. The van der Waals surface area contributed by atoms with Crippen LogP contribution in [0.3, 0.4) is 0 Å². The summed E-state index contributed by atoms with van der Waals surface area (Å²) in [7, 11) is 5.34. The van der Waals surface area contributed by atoms with E-state index in [1.165, 1.54) is 21.9 Å². The summed E-state index contributed by atoms with van der Waals surface area (Å²) in [6.45, 7) is 2.22. The Morgan fingerprint density at radius 3 is 1.66 bits per heavy atom. The second-order valence-corrected chi connectivity index (χ2v) is 12.4. The lowest BCUT2D eigenvalue weighted by Crippen LogP contribution is -2.46. The van der Waals surface area contributed by atoms with Gasteiger partial charge in [-0.15, -0.1) is 0 Å². The van der Waals surface area contributed by atoms with E-state index in [0.717, 1.165) is 17.5 Å². The predicted octanol–water partition coefficient (Wildman–Crippen LogP) is 6.63. The summed E-state index contributed by atoms with van der Waals surface area (Å²) in [5, 5.41) is 1.27.